The first kappa shape index (κ1) is 15.0. The summed E-state index contributed by atoms with van der Waals surface area (Å²) in [7, 11) is 1.81. The standard InChI is InChI=1S/C15H19N5OS/c1-11(15(21)19(2)12-6-4-3-5-7-12)22-10-14-16-17-18-20(14)13-8-9-13/h3-7,11,13H,8-10H2,1-2H3. The van der Waals surface area contributed by atoms with Gasteiger partial charge in [-0.1, -0.05) is 18.2 Å². The molecule has 1 unspecified atom stereocenters. The Bertz CT molecular complexity index is 640. The molecule has 1 atom stereocenters. The summed E-state index contributed by atoms with van der Waals surface area (Å²) in [4.78, 5) is 14.2. The first-order valence-corrected chi connectivity index (χ1v) is 8.42. The highest BCUT2D eigenvalue weighted by Crippen LogP contribution is 2.35. The summed E-state index contributed by atoms with van der Waals surface area (Å²) < 4.78 is 1.89. The van der Waals surface area contributed by atoms with Crippen LogP contribution in [0.3, 0.4) is 0 Å². The summed E-state index contributed by atoms with van der Waals surface area (Å²) in [6.45, 7) is 1.93. The van der Waals surface area contributed by atoms with E-state index in [1.54, 1.807) is 16.7 Å². The largest absolute Gasteiger partial charge is 0.315 e. The molecule has 116 valence electrons. The summed E-state index contributed by atoms with van der Waals surface area (Å²) in [5, 5.41) is 11.7. The number of tetrazole rings is 1. The van der Waals surface area contributed by atoms with E-state index in [2.05, 4.69) is 15.5 Å². The van der Waals surface area contributed by atoms with E-state index < -0.39 is 0 Å². The van der Waals surface area contributed by atoms with Crippen LogP contribution in [0, 0.1) is 0 Å². The summed E-state index contributed by atoms with van der Waals surface area (Å²) in [5.74, 6) is 1.59. The molecule has 1 amide bonds. The highest BCUT2D eigenvalue weighted by Gasteiger charge is 2.28. The summed E-state index contributed by atoms with van der Waals surface area (Å²) >= 11 is 1.57. The number of thioether (sulfide) groups is 1. The van der Waals surface area contributed by atoms with Crippen molar-refractivity contribution in [3.05, 3.63) is 36.2 Å². The zero-order valence-electron chi connectivity index (χ0n) is 12.7. The Morgan fingerprint density at radius 3 is 2.82 bits per heavy atom. The molecule has 1 aromatic carbocycles. The fraction of sp³-hybridized carbons (Fsp3) is 0.467. The molecule has 1 fully saturated rings. The lowest BCUT2D eigenvalue weighted by Crippen LogP contribution is -2.33. The second-order valence-electron chi connectivity index (χ2n) is 5.46. The number of anilines is 1. The lowest BCUT2D eigenvalue weighted by molar-refractivity contribution is -0.117. The van der Waals surface area contributed by atoms with Crippen LogP contribution in [-0.2, 0) is 10.5 Å². The Kier molecular flexibility index (Phi) is 4.42. The number of carbonyl (C=O) groups excluding carboxylic acids is 1. The fourth-order valence-corrected chi connectivity index (χ4v) is 3.12. The molecule has 1 aromatic heterocycles. The van der Waals surface area contributed by atoms with E-state index in [4.69, 9.17) is 0 Å². The number of hydrogen-bond donors (Lipinski definition) is 0. The van der Waals surface area contributed by atoms with Gasteiger partial charge in [0.25, 0.3) is 0 Å². The number of para-hydroxylation sites is 1. The lowest BCUT2D eigenvalue weighted by atomic mass is 10.3. The average Bonchev–Trinajstić information content (AvgIpc) is 3.30. The molecule has 3 rings (SSSR count). The van der Waals surface area contributed by atoms with Gasteiger partial charge in [0.05, 0.1) is 17.0 Å². The third-order valence-electron chi connectivity index (χ3n) is 3.74. The van der Waals surface area contributed by atoms with Crippen LogP contribution in [0.2, 0.25) is 0 Å². The highest BCUT2D eigenvalue weighted by atomic mass is 32.2. The van der Waals surface area contributed by atoms with Gasteiger partial charge in [-0.15, -0.1) is 16.9 Å². The maximum atomic E-state index is 12.5. The molecule has 1 saturated carbocycles. The van der Waals surface area contributed by atoms with Crippen molar-refractivity contribution in [2.75, 3.05) is 11.9 Å². The average molecular weight is 317 g/mol. The minimum atomic E-state index is -0.144. The van der Waals surface area contributed by atoms with Crippen molar-refractivity contribution in [2.24, 2.45) is 0 Å². The van der Waals surface area contributed by atoms with Gasteiger partial charge in [0.2, 0.25) is 5.91 Å². The molecule has 0 bridgehead atoms. The van der Waals surface area contributed by atoms with Gasteiger partial charge in [-0.2, -0.15) is 0 Å². The SMILES string of the molecule is CC(SCc1nnnn1C1CC1)C(=O)N(C)c1ccccc1. The number of amides is 1. The molecule has 1 aliphatic rings. The van der Waals surface area contributed by atoms with E-state index >= 15 is 0 Å². The van der Waals surface area contributed by atoms with Gasteiger partial charge in [-0.25, -0.2) is 4.68 Å². The molecule has 2 aromatic rings. The monoisotopic (exact) mass is 317 g/mol. The van der Waals surface area contributed by atoms with E-state index in [1.165, 1.54) is 0 Å². The van der Waals surface area contributed by atoms with Crippen molar-refractivity contribution in [1.29, 1.82) is 0 Å². The summed E-state index contributed by atoms with van der Waals surface area (Å²) in [6, 6.07) is 10.1. The Labute approximate surface area is 133 Å². The van der Waals surface area contributed by atoms with Gasteiger partial charge in [0.15, 0.2) is 5.82 Å². The predicted molar refractivity (Wildman–Crippen MR) is 86.7 cm³/mol. The molecule has 7 heteroatoms. The topological polar surface area (TPSA) is 63.9 Å². The molecule has 0 aliphatic heterocycles. The summed E-state index contributed by atoms with van der Waals surface area (Å²) in [6.07, 6.45) is 2.29. The van der Waals surface area contributed by atoms with Crippen LogP contribution in [0.4, 0.5) is 5.69 Å². The third kappa shape index (κ3) is 3.30. The van der Waals surface area contributed by atoms with E-state index in [9.17, 15) is 4.79 Å². The third-order valence-corrected chi connectivity index (χ3v) is 4.86. The number of nitrogens with zero attached hydrogens (tertiary/aromatic N) is 5. The van der Waals surface area contributed by atoms with E-state index in [-0.39, 0.29) is 11.2 Å². The van der Waals surface area contributed by atoms with Crippen LogP contribution < -0.4 is 4.90 Å². The molecule has 0 N–H and O–H groups in total. The van der Waals surface area contributed by atoms with Crippen LogP contribution in [0.5, 0.6) is 0 Å². The number of aromatic nitrogens is 4. The van der Waals surface area contributed by atoms with E-state index in [0.717, 1.165) is 24.4 Å². The van der Waals surface area contributed by atoms with Gasteiger partial charge in [0.1, 0.15) is 0 Å². The molecule has 6 nitrogen and oxygen atoms in total. The van der Waals surface area contributed by atoms with Gasteiger partial charge in [-0.05, 0) is 42.3 Å². The molecule has 1 heterocycles. The highest BCUT2D eigenvalue weighted by molar-refractivity contribution is 7.99. The maximum Gasteiger partial charge on any atom is 0.239 e. The number of benzene rings is 1. The van der Waals surface area contributed by atoms with Crippen LogP contribution >= 0.6 is 11.8 Å². The zero-order chi connectivity index (χ0) is 15.5. The van der Waals surface area contributed by atoms with Crippen molar-refractivity contribution in [3.8, 4) is 0 Å². The van der Waals surface area contributed by atoms with Crippen LogP contribution in [0.25, 0.3) is 0 Å². The predicted octanol–water partition coefficient (Wildman–Crippen LogP) is 2.29. The maximum absolute atomic E-state index is 12.5. The second kappa shape index (κ2) is 6.48. The van der Waals surface area contributed by atoms with Crippen molar-refractivity contribution in [1.82, 2.24) is 20.2 Å². The Morgan fingerprint density at radius 2 is 2.14 bits per heavy atom. The van der Waals surface area contributed by atoms with Crippen LogP contribution in [0.1, 0.15) is 31.6 Å². The first-order valence-electron chi connectivity index (χ1n) is 7.38. The Morgan fingerprint density at radius 1 is 1.41 bits per heavy atom. The molecule has 0 spiro atoms. The van der Waals surface area contributed by atoms with E-state index in [0.29, 0.717) is 11.8 Å². The summed E-state index contributed by atoms with van der Waals surface area (Å²) in [5.41, 5.74) is 0.905. The van der Waals surface area contributed by atoms with E-state index in [1.807, 2.05) is 49.0 Å². The van der Waals surface area contributed by atoms with Crippen LogP contribution in [-0.4, -0.2) is 38.4 Å². The van der Waals surface area contributed by atoms with Gasteiger partial charge >= 0.3 is 0 Å². The number of hydrogen-bond acceptors (Lipinski definition) is 5. The molecular weight excluding hydrogens is 298 g/mol. The number of carbonyl (C=O) groups is 1. The molecule has 22 heavy (non-hydrogen) atoms. The zero-order valence-corrected chi connectivity index (χ0v) is 13.5. The normalized spacial score (nSPS) is 15.5. The van der Waals surface area contributed by atoms with Crippen molar-refractivity contribution < 1.29 is 4.79 Å². The fourth-order valence-electron chi connectivity index (χ4n) is 2.23. The second-order valence-corrected chi connectivity index (χ2v) is 6.79. The van der Waals surface area contributed by atoms with Gasteiger partial charge in [-0.3, -0.25) is 4.79 Å². The van der Waals surface area contributed by atoms with Crippen molar-refractivity contribution in [2.45, 2.75) is 36.8 Å². The van der Waals surface area contributed by atoms with Gasteiger partial charge < -0.3 is 4.90 Å². The molecule has 1 aliphatic carbocycles. The Hall–Kier alpha value is -1.89. The smallest absolute Gasteiger partial charge is 0.239 e. The lowest BCUT2D eigenvalue weighted by Gasteiger charge is -2.21. The number of rotatable bonds is 6. The quantitative estimate of drug-likeness (QED) is 0.818. The molecular formula is C15H19N5OS. The molecule has 0 saturated heterocycles. The minimum absolute atomic E-state index is 0.0849. The van der Waals surface area contributed by atoms with Crippen molar-refractivity contribution in [3.63, 3.8) is 0 Å². The van der Waals surface area contributed by atoms with Gasteiger partial charge in [0, 0.05) is 12.7 Å². The Balaban J connectivity index is 1.58. The minimum Gasteiger partial charge on any atom is -0.315 e. The first-order chi connectivity index (χ1) is 10.7. The van der Waals surface area contributed by atoms with Crippen molar-refractivity contribution >= 4 is 23.4 Å². The van der Waals surface area contributed by atoms with Crippen LogP contribution in [0.15, 0.2) is 30.3 Å². The molecule has 0 radical (unpaired) electrons.